The summed E-state index contributed by atoms with van der Waals surface area (Å²) in [6, 6.07) is 0. The lowest BCUT2D eigenvalue weighted by molar-refractivity contribution is 0.0749. The largest absolute Gasteiger partial charge is 0.482 e. The van der Waals surface area contributed by atoms with Crippen LogP contribution in [0.25, 0.3) is 0 Å². The van der Waals surface area contributed by atoms with E-state index in [0.717, 1.165) is 0 Å². The van der Waals surface area contributed by atoms with Gasteiger partial charge in [-0.15, -0.1) is 0 Å². The van der Waals surface area contributed by atoms with E-state index in [1.54, 1.807) is 26.2 Å². The highest BCUT2D eigenvalue weighted by Crippen LogP contribution is 2.27. The zero-order valence-electron chi connectivity index (χ0n) is 14.4. The maximum atomic E-state index is 6.05. The molecule has 1 heterocycles. The van der Waals surface area contributed by atoms with Gasteiger partial charge in [0.15, 0.2) is 0 Å². The van der Waals surface area contributed by atoms with Crippen molar-refractivity contribution < 1.29 is 38.3 Å². The van der Waals surface area contributed by atoms with Crippen LogP contribution in [-0.4, -0.2) is 73.7 Å². The fourth-order valence-corrected chi connectivity index (χ4v) is 17.8. The van der Waals surface area contributed by atoms with Gasteiger partial charge in [0.05, 0.1) is 0 Å². The van der Waals surface area contributed by atoms with Crippen molar-refractivity contribution in [3.8, 4) is 0 Å². The smallest absolute Gasteiger partial charge is 0.399 e. The normalized spacial score (nSPS) is 45.8. The third-order valence-corrected chi connectivity index (χ3v) is 20.2. The average Bonchev–Trinajstić information content (AvgIpc) is 2.46. The molecule has 1 fully saturated rings. The van der Waals surface area contributed by atoms with E-state index in [4.69, 9.17) is 38.3 Å². The Kier molecular flexibility index (Phi) is 7.31. The van der Waals surface area contributed by atoms with Crippen LogP contribution in [0, 0.1) is 0 Å². The highest BCUT2D eigenvalue weighted by atomic mass is 28.5. The second-order valence-electron chi connectivity index (χ2n) is 4.98. The van der Waals surface area contributed by atoms with Crippen molar-refractivity contribution in [2.45, 2.75) is 26.2 Å². The fourth-order valence-electron chi connectivity index (χ4n) is 1.72. The van der Waals surface area contributed by atoms with Crippen molar-refractivity contribution in [2.24, 2.45) is 0 Å². The molecule has 0 aromatic heterocycles. The summed E-state index contributed by atoms with van der Waals surface area (Å²) in [6.07, 6.45) is 0. The number of rotatable bonds is 4. The van der Waals surface area contributed by atoms with E-state index in [-0.39, 0.29) is 0 Å². The van der Waals surface area contributed by atoms with Crippen LogP contribution in [0.4, 0.5) is 0 Å². The predicted octanol–water partition coefficient (Wildman–Crippen LogP) is -0.0578. The predicted molar refractivity (Wildman–Crippen MR) is 88.5 cm³/mol. The van der Waals surface area contributed by atoms with Crippen molar-refractivity contribution in [3.63, 3.8) is 0 Å². The van der Waals surface area contributed by atoms with Crippen molar-refractivity contribution in [3.05, 3.63) is 0 Å². The third kappa shape index (κ3) is 5.38. The van der Waals surface area contributed by atoms with E-state index in [9.17, 15) is 0 Å². The standard InChI is InChI=1S/C8H26O9Si5/c1-9-19(5)13-18-14-20(6,10-2)16-22(8,12-4)17-21(7,11-3)15-19/h18H2,1-8H3. The second-order valence-corrected chi connectivity index (χ2v) is 18.5. The summed E-state index contributed by atoms with van der Waals surface area (Å²) in [5, 5.41) is 0. The van der Waals surface area contributed by atoms with Crippen LogP contribution in [0.1, 0.15) is 0 Å². The molecule has 22 heavy (non-hydrogen) atoms. The molecule has 4 atom stereocenters. The van der Waals surface area contributed by atoms with Crippen LogP contribution in [-0.2, 0) is 38.3 Å². The summed E-state index contributed by atoms with van der Waals surface area (Å²) in [5.41, 5.74) is 0. The number of hydrogen-bond acceptors (Lipinski definition) is 9. The molecule has 1 rings (SSSR count). The highest BCUT2D eigenvalue weighted by molar-refractivity contribution is 6.84. The molecule has 1 aliphatic heterocycles. The molecule has 1 aliphatic rings. The van der Waals surface area contributed by atoms with Crippen LogP contribution in [0.15, 0.2) is 0 Å². The van der Waals surface area contributed by atoms with Crippen molar-refractivity contribution in [1.82, 2.24) is 0 Å². The molecule has 4 unspecified atom stereocenters. The first kappa shape index (κ1) is 20.8. The molecule has 0 spiro atoms. The van der Waals surface area contributed by atoms with Gasteiger partial charge in [-0.05, 0) is 0 Å². The summed E-state index contributed by atoms with van der Waals surface area (Å²) < 4.78 is 51.5. The minimum absolute atomic E-state index is 1.43. The first-order valence-electron chi connectivity index (χ1n) is 6.66. The molecule has 132 valence electrons. The first-order chi connectivity index (χ1) is 10.1. The Labute approximate surface area is 138 Å². The topological polar surface area (TPSA) is 83.1 Å². The molecule has 0 aromatic rings. The van der Waals surface area contributed by atoms with Crippen molar-refractivity contribution >= 4 is 45.2 Å². The fraction of sp³-hybridized carbons (Fsp3) is 1.00. The van der Waals surface area contributed by atoms with Gasteiger partial charge in [0.1, 0.15) is 0 Å². The van der Waals surface area contributed by atoms with Crippen LogP contribution in [0.5, 0.6) is 0 Å². The lowest BCUT2D eigenvalue weighted by Gasteiger charge is -2.41. The molecule has 14 heteroatoms. The summed E-state index contributed by atoms with van der Waals surface area (Å²) >= 11 is 0. The van der Waals surface area contributed by atoms with Gasteiger partial charge < -0.3 is 38.3 Å². The Balaban J connectivity index is 3.16. The molecular formula is C8H26O9Si5. The molecule has 0 aromatic carbocycles. The molecule has 1 saturated heterocycles. The zero-order valence-corrected chi connectivity index (χ0v) is 19.8. The van der Waals surface area contributed by atoms with Gasteiger partial charge in [0.25, 0.3) is 10.0 Å². The van der Waals surface area contributed by atoms with Gasteiger partial charge in [0.2, 0.25) is 0 Å². The minimum atomic E-state index is -3.08. The Morgan fingerprint density at radius 3 is 1.09 bits per heavy atom. The van der Waals surface area contributed by atoms with E-state index < -0.39 is 45.2 Å². The van der Waals surface area contributed by atoms with Gasteiger partial charge in [0, 0.05) is 54.6 Å². The molecule has 0 saturated carbocycles. The molecule has 0 amide bonds. The Morgan fingerprint density at radius 1 is 0.545 bits per heavy atom. The zero-order chi connectivity index (χ0) is 17.1. The molecule has 0 radical (unpaired) electrons. The highest BCUT2D eigenvalue weighted by Gasteiger charge is 2.56. The van der Waals surface area contributed by atoms with E-state index in [1.807, 2.05) is 0 Å². The second kappa shape index (κ2) is 7.74. The van der Waals surface area contributed by atoms with Crippen molar-refractivity contribution in [2.75, 3.05) is 28.4 Å². The van der Waals surface area contributed by atoms with E-state index >= 15 is 0 Å². The van der Waals surface area contributed by atoms with Crippen LogP contribution in [0.3, 0.4) is 0 Å². The minimum Gasteiger partial charge on any atom is -0.399 e. The molecule has 0 N–H and O–H groups in total. The van der Waals surface area contributed by atoms with Gasteiger partial charge >= 0.3 is 35.2 Å². The maximum absolute atomic E-state index is 6.05. The Bertz CT molecular complexity index is 348. The Hall–Kier alpha value is 0.724. The molecular weight excluding hydrogens is 381 g/mol. The number of hydrogen-bond donors (Lipinski definition) is 0. The molecule has 0 bridgehead atoms. The molecule has 0 aliphatic carbocycles. The lowest BCUT2D eigenvalue weighted by Crippen LogP contribution is -2.65. The summed E-state index contributed by atoms with van der Waals surface area (Å²) in [5.74, 6) is 0. The first-order valence-corrected chi connectivity index (χ1v) is 16.7. The van der Waals surface area contributed by atoms with Gasteiger partial charge in [-0.1, -0.05) is 0 Å². The van der Waals surface area contributed by atoms with Crippen LogP contribution < -0.4 is 0 Å². The average molecular weight is 407 g/mol. The van der Waals surface area contributed by atoms with E-state index in [1.165, 1.54) is 28.4 Å². The SMILES string of the molecule is CO[Si]1(C)O[SiH2]O[Si](C)(OC)O[Si](C)(OC)O[Si](C)(OC)O1. The lowest BCUT2D eigenvalue weighted by atomic mass is 11.8. The Morgan fingerprint density at radius 2 is 0.818 bits per heavy atom. The summed E-state index contributed by atoms with van der Waals surface area (Å²) in [7, 11) is -7.33. The van der Waals surface area contributed by atoms with Gasteiger partial charge in [-0.2, -0.15) is 0 Å². The maximum Gasteiger partial charge on any atom is 0.482 e. The molecule has 9 nitrogen and oxygen atoms in total. The van der Waals surface area contributed by atoms with E-state index in [2.05, 4.69) is 0 Å². The van der Waals surface area contributed by atoms with Crippen LogP contribution in [0.2, 0.25) is 26.2 Å². The third-order valence-electron chi connectivity index (χ3n) is 3.24. The monoisotopic (exact) mass is 406 g/mol. The van der Waals surface area contributed by atoms with Gasteiger partial charge in [-0.25, -0.2) is 0 Å². The quantitative estimate of drug-likeness (QED) is 0.596. The summed E-state index contributed by atoms with van der Waals surface area (Å²) in [4.78, 5) is 0. The summed E-state index contributed by atoms with van der Waals surface area (Å²) in [6.45, 7) is 7.06. The van der Waals surface area contributed by atoms with Crippen LogP contribution >= 0.6 is 0 Å². The van der Waals surface area contributed by atoms with Crippen molar-refractivity contribution in [1.29, 1.82) is 0 Å². The van der Waals surface area contributed by atoms with E-state index in [0.29, 0.717) is 0 Å². The van der Waals surface area contributed by atoms with Gasteiger partial charge in [-0.3, -0.25) is 0 Å².